The number of halogens is 3. The van der Waals surface area contributed by atoms with Gasteiger partial charge < -0.3 is 14.8 Å². The second-order valence-electron chi connectivity index (χ2n) is 5.21. The van der Waals surface area contributed by atoms with Crippen molar-refractivity contribution >= 4 is 23.6 Å². The van der Waals surface area contributed by atoms with Crippen LogP contribution in [0.5, 0.6) is 5.75 Å². The minimum Gasteiger partial charge on any atom is -0.494 e. The van der Waals surface area contributed by atoms with Gasteiger partial charge in [-0.2, -0.15) is 0 Å². The third-order valence-corrected chi connectivity index (χ3v) is 3.26. The zero-order valence-corrected chi connectivity index (χ0v) is 14.3. The zero-order valence-electron chi connectivity index (χ0n) is 14.3. The number of hydrogen-bond donors (Lipinski definition) is 1. The predicted octanol–water partition coefficient (Wildman–Crippen LogP) is 3.70. The van der Waals surface area contributed by atoms with Crippen LogP contribution in [0.2, 0.25) is 0 Å². The number of nitrogens with one attached hydrogen (secondary N) is 1. The maximum Gasteiger partial charge on any atom is 0.331 e. The molecule has 0 aliphatic rings. The van der Waals surface area contributed by atoms with Crippen LogP contribution in [-0.2, 0) is 14.3 Å². The molecule has 0 bridgehead atoms. The monoisotopic (exact) mass is 379 g/mol. The lowest BCUT2D eigenvalue weighted by atomic mass is 10.2. The smallest absolute Gasteiger partial charge is 0.331 e. The van der Waals surface area contributed by atoms with E-state index in [1.165, 1.54) is 6.08 Å². The summed E-state index contributed by atoms with van der Waals surface area (Å²) in [6.07, 6.45) is 2.59. The molecule has 8 heteroatoms. The quantitative estimate of drug-likeness (QED) is 0.453. The summed E-state index contributed by atoms with van der Waals surface area (Å²) in [7, 11) is 0. The molecule has 0 aliphatic carbocycles. The normalized spacial score (nSPS) is 10.7. The van der Waals surface area contributed by atoms with E-state index in [1.807, 2.05) is 12.2 Å². The van der Waals surface area contributed by atoms with Crippen LogP contribution in [0.1, 0.15) is 12.5 Å². The second kappa shape index (κ2) is 9.42. The number of hydrogen-bond acceptors (Lipinski definition) is 4. The molecule has 0 saturated heterocycles. The Kier molecular flexibility index (Phi) is 6.99. The Bertz CT molecular complexity index is 851. The van der Waals surface area contributed by atoms with Crippen LogP contribution in [0, 0.1) is 17.5 Å². The summed E-state index contributed by atoms with van der Waals surface area (Å²) in [5, 5.41) is 1.99. The maximum atomic E-state index is 13.4. The molecule has 1 N–H and O–H groups in total. The molecule has 2 rings (SSSR count). The molecular weight excluding hydrogens is 363 g/mol. The van der Waals surface area contributed by atoms with E-state index in [0.717, 1.165) is 12.1 Å². The standard InChI is InChI=1S/C19H16F3NO4/c1-2-26-13-6-3-12(4-7-13)5-10-17(25)27-11-16(24)23-15-9-8-14(20)18(21)19(15)22/h3-10H,2,11H2,1H3,(H,23,24)/b10-5+. The van der Waals surface area contributed by atoms with E-state index in [-0.39, 0.29) is 0 Å². The first-order valence-electron chi connectivity index (χ1n) is 7.91. The van der Waals surface area contributed by atoms with Crippen LogP contribution in [-0.4, -0.2) is 25.1 Å². The van der Waals surface area contributed by atoms with E-state index < -0.39 is 41.6 Å². The molecule has 0 saturated carbocycles. The summed E-state index contributed by atoms with van der Waals surface area (Å²) in [5.41, 5.74) is 0.156. The van der Waals surface area contributed by atoms with Crippen LogP contribution < -0.4 is 10.1 Å². The molecule has 2 aromatic rings. The molecule has 0 aromatic heterocycles. The largest absolute Gasteiger partial charge is 0.494 e. The van der Waals surface area contributed by atoms with Crippen LogP contribution in [0.4, 0.5) is 18.9 Å². The molecule has 142 valence electrons. The van der Waals surface area contributed by atoms with Crippen molar-refractivity contribution in [3.63, 3.8) is 0 Å². The average Bonchev–Trinajstić information content (AvgIpc) is 2.66. The van der Waals surface area contributed by atoms with Crippen LogP contribution in [0.25, 0.3) is 6.08 Å². The lowest BCUT2D eigenvalue weighted by molar-refractivity contribution is -0.142. The van der Waals surface area contributed by atoms with E-state index >= 15 is 0 Å². The van der Waals surface area contributed by atoms with Crippen molar-refractivity contribution in [3.8, 4) is 5.75 Å². The number of esters is 1. The Morgan fingerprint density at radius 3 is 2.41 bits per heavy atom. The molecular formula is C19H16F3NO4. The summed E-state index contributed by atoms with van der Waals surface area (Å²) in [6.45, 7) is 1.68. The molecule has 0 atom stereocenters. The summed E-state index contributed by atoms with van der Waals surface area (Å²) >= 11 is 0. The number of amides is 1. The first-order valence-corrected chi connectivity index (χ1v) is 7.91. The van der Waals surface area contributed by atoms with E-state index in [0.29, 0.717) is 24.0 Å². The van der Waals surface area contributed by atoms with Gasteiger partial charge in [0.25, 0.3) is 5.91 Å². The molecule has 0 unspecified atom stereocenters. The highest BCUT2D eigenvalue weighted by Crippen LogP contribution is 2.19. The topological polar surface area (TPSA) is 64.6 Å². The van der Waals surface area contributed by atoms with Gasteiger partial charge in [0.15, 0.2) is 24.1 Å². The molecule has 2 aromatic carbocycles. The first-order chi connectivity index (χ1) is 12.9. The van der Waals surface area contributed by atoms with Crippen LogP contribution in [0.3, 0.4) is 0 Å². The highest BCUT2D eigenvalue weighted by Gasteiger charge is 2.15. The van der Waals surface area contributed by atoms with Crippen LogP contribution >= 0.6 is 0 Å². The number of carbonyl (C=O) groups is 2. The summed E-state index contributed by atoms with van der Waals surface area (Å²) in [5.74, 6) is -5.63. The number of rotatable bonds is 7. The van der Waals surface area contributed by atoms with Crippen molar-refractivity contribution in [2.75, 3.05) is 18.5 Å². The number of benzene rings is 2. The Morgan fingerprint density at radius 1 is 1.04 bits per heavy atom. The van der Waals surface area contributed by atoms with Crippen molar-refractivity contribution in [1.82, 2.24) is 0 Å². The van der Waals surface area contributed by atoms with Crippen molar-refractivity contribution < 1.29 is 32.2 Å². The Hall–Kier alpha value is -3.29. The Labute approximate surface area is 153 Å². The Morgan fingerprint density at radius 2 is 1.74 bits per heavy atom. The fourth-order valence-electron chi connectivity index (χ4n) is 2.00. The van der Waals surface area contributed by atoms with Crippen molar-refractivity contribution in [2.45, 2.75) is 6.92 Å². The van der Waals surface area contributed by atoms with Crippen molar-refractivity contribution in [1.29, 1.82) is 0 Å². The fraction of sp³-hybridized carbons (Fsp3) is 0.158. The highest BCUT2D eigenvalue weighted by molar-refractivity contribution is 5.94. The minimum atomic E-state index is -1.71. The number of ether oxygens (including phenoxy) is 2. The van der Waals surface area contributed by atoms with Gasteiger partial charge in [-0.15, -0.1) is 0 Å². The van der Waals surface area contributed by atoms with Gasteiger partial charge in [-0.25, -0.2) is 18.0 Å². The number of carbonyl (C=O) groups excluding carboxylic acids is 2. The van der Waals surface area contributed by atoms with Gasteiger partial charge in [0.05, 0.1) is 12.3 Å². The number of anilines is 1. The molecule has 0 radical (unpaired) electrons. The van der Waals surface area contributed by atoms with Crippen LogP contribution in [0.15, 0.2) is 42.5 Å². The van der Waals surface area contributed by atoms with Gasteiger partial charge in [0.1, 0.15) is 5.75 Å². The van der Waals surface area contributed by atoms with E-state index in [9.17, 15) is 22.8 Å². The second-order valence-corrected chi connectivity index (χ2v) is 5.21. The van der Waals surface area contributed by atoms with Gasteiger partial charge in [0.2, 0.25) is 0 Å². The van der Waals surface area contributed by atoms with Gasteiger partial charge in [-0.05, 0) is 42.8 Å². The molecule has 0 fully saturated rings. The predicted molar refractivity (Wildman–Crippen MR) is 92.5 cm³/mol. The van der Waals surface area contributed by atoms with E-state index in [1.54, 1.807) is 24.3 Å². The van der Waals surface area contributed by atoms with Gasteiger partial charge in [0, 0.05) is 6.08 Å². The molecule has 0 heterocycles. The van der Waals surface area contributed by atoms with Gasteiger partial charge >= 0.3 is 5.97 Å². The molecule has 1 amide bonds. The third-order valence-electron chi connectivity index (χ3n) is 3.26. The molecule has 27 heavy (non-hydrogen) atoms. The van der Waals surface area contributed by atoms with Crippen molar-refractivity contribution in [2.24, 2.45) is 0 Å². The first kappa shape index (κ1) is 20.0. The van der Waals surface area contributed by atoms with Gasteiger partial charge in [-0.3, -0.25) is 4.79 Å². The molecule has 0 spiro atoms. The lowest BCUT2D eigenvalue weighted by Gasteiger charge is -2.07. The van der Waals surface area contributed by atoms with E-state index in [4.69, 9.17) is 9.47 Å². The fourth-order valence-corrected chi connectivity index (χ4v) is 2.00. The molecule has 5 nitrogen and oxygen atoms in total. The average molecular weight is 379 g/mol. The highest BCUT2D eigenvalue weighted by atomic mass is 19.2. The minimum absolute atomic E-state index is 0.540. The SMILES string of the molecule is CCOc1ccc(/C=C/C(=O)OCC(=O)Nc2ccc(F)c(F)c2F)cc1. The summed E-state index contributed by atoms with van der Waals surface area (Å²) in [6, 6.07) is 8.45. The summed E-state index contributed by atoms with van der Waals surface area (Å²) in [4.78, 5) is 23.2. The van der Waals surface area contributed by atoms with Gasteiger partial charge in [-0.1, -0.05) is 12.1 Å². The zero-order chi connectivity index (χ0) is 19.8. The molecule has 0 aliphatic heterocycles. The Balaban J connectivity index is 1.84. The lowest BCUT2D eigenvalue weighted by Crippen LogP contribution is -2.21. The van der Waals surface area contributed by atoms with E-state index in [2.05, 4.69) is 0 Å². The third kappa shape index (κ3) is 5.88. The maximum absolute atomic E-state index is 13.4. The summed E-state index contributed by atoms with van der Waals surface area (Å²) < 4.78 is 49.3. The van der Waals surface area contributed by atoms with Crippen molar-refractivity contribution in [3.05, 3.63) is 65.5 Å².